The summed E-state index contributed by atoms with van der Waals surface area (Å²) in [6.07, 6.45) is 0. The Balaban J connectivity index is 1.54. The Bertz CT molecular complexity index is 1510. The number of nitrogens with one attached hydrogen (secondary N) is 1. The zero-order valence-corrected chi connectivity index (χ0v) is 24.3. The summed E-state index contributed by atoms with van der Waals surface area (Å²) in [5.74, 6) is 1.14. The molecule has 7 nitrogen and oxygen atoms in total. The summed E-state index contributed by atoms with van der Waals surface area (Å²) in [5.41, 5.74) is 2.40. The lowest BCUT2D eigenvalue weighted by Gasteiger charge is -2.26. The van der Waals surface area contributed by atoms with Crippen molar-refractivity contribution in [3.05, 3.63) is 94.5 Å². The van der Waals surface area contributed by atoms with Crippen LogP contribution >= 0.6 is 34.7 Å². The fraction of sp³-hybridized carbons (Fsp3) is 0.222. The standard InChI is InChI=1S/C27H27ClN4O3S3/c1-18(2)17-36-27-31-30-26(37-27)29-25(33)21-12-10-20(11-13-21)16-32(24-15-22(28)14-9-19(24)3)38(34,35)23-7-5-4-6-8-23/h4-15,18H,16-17H2,1-3H3,(H,29,30,33). The third-order valence-electron chi connectivity index (χ3n) is 5.48. The minimum Gasteiger partial charge on any atom is -0.296 e. The molecule has 3 aromatic carbocycles. The van der Waals surface area contributed by atoms with Crippen molar-refractivity contribution < 1.29 is 13.2 Å². The van der Waals surface area contributed by atoms with E-state index >= 15 is 0 Å². The van der Waals surface area contributed by atoms with Gasteiger partial charge in [0, 0.05) is 16.3 Å². The van der Waals surface area contributed by atoms with Gasteiger partial charge in [0.1, 0.15) is 0 Å². The summed E-state index contributed by atoms with van der Waals surface area (Å²) in [6, 6.07) is 20.3. The maximum Gasteiger partial charge on any atom is 0.264 e. The number of hydrogen-bond donors (Lipinski definition) is 1. The second-order valence-corrected chi connectivity index (χ2v) is 13.5. The molecule has 0 unspecified atom stereocenters. The molecule has 1 amide bonds. The molecule has 0 aliphatic rings. The predicted molar refractivity (Wildman–Crippen MR) is 156 cm³/mol. The smallest absolute Gasteiger partial charge is 0.264 e. The number of rotatable bonds is 10. The molecule has 0 fully saturated rings. The summed E-state index contributed by atoms with van der Waals surface area (Å²) in [7, 11) is -3.89. The van der Waals surface area contributed by atoms with Gasteiger partial charge in [0.05, 0.1) is 17.1 Å². The van der Waals surface area contributed by atoms with E-state index in [0.29, 0.717) is 32.9 Å². The van der Waals surface area contributed by atoms with Crippen molar-refractivity contribution >= 4 is 61.4 Å². The minimum absolute atomic E-state index is 0.0626. The molecule has 1 N–H and O–H groups in total. The Labute approximate surface area is 236 Å². The molecular formula is C27H27ClN4O3S3. The number of carbonyl (C=O) groups is 1. The molecule has 4 aromatic rings. The van der Waals surface area contributed by atoms with Crippen LogP contribution in [-0.4, -0.2) is 30.3 Å². The Hall–Kier alpha value is -2.92. The first-order valence-corrected chi connectivity index (χ1v) is 15.5. The van der Waals surface area contributed by atoms with Crippen LogP contribution in [0.15, 0.2) is 82.0 Å². The van der Waals surface area contributed by atoms with Gasteiger partial charge in [-0.25, -0.2) is 8.42 Å². The SMILES string of the molecule is Cc1ccc(Cl)cc1N(Cc1ccc(C(=O)Nc2nnc(SCC(C)C)s2)cc1)S(=O)(=O)c1ccccc1. The van der Waals surface area contributed by atoms with Crippen LogP contribution in [0, 0.1) is 12.8 Å². The molecule has 0 saturated carbocycles. The molecule has 1 aromatic heterocycles. The number of aryl methyl sites for hydroxylation is 1. The first-order valence-electron chi connectivity index (χ1n) is 11.8. The summed E-state index contributed by atoms with van der Waals surface area (Å²) in [4.78, 5) is 12.9. The van der Waals surface area contributed by atoms with E-state index in [0.717, 1.165) is 15.7 Å². The molecule has 11 heteroatoms. The molecule has 198 valence electrons. The van der Waals surface area contributed by atoms with Gasteiger partial charge >= 0.3 is 0 Å². The lowest BCUT2D eigenvalue weighted by Crippen LogP contribution is -2.31. The molecule has 0 bridgehead atoms. The van der Waals surface area contributed by atoms with E-state index in [1.54, 1.807) is 84.6 Å². The third kappa shape index (κ3) is 6.93. The van der Waals surface area contributed by atoms with Crippen LogP contribution in [-0.2, 0) is 16.6 Å². The van der Waals surface area contributed by atoms with E-state index in [4.69, 9.17) is 11.6 Å². The van der Waals surface area contributed by atoms with Gasteiger partial charge in [-0.1, -0.05) is 84.9 Å². The van der Waals surface area contributed by atoms with E-state index in [1.807, 2.05) is 6.92 Å². The number of hydrogen-bond acceptors (Lipinski definition) is 7. The normalized spacial score (nSPS) is 11.5. The topological polar surface area (TPSA) is 92.3 Å². The number of anilines is 2. The highest BCUT2D eigenvalue weighted by molar-refractivity contribution is 8.01. The summed E-state index contributed by atoms with van der Waals surface area (Å²) >= 11 is 9.19. The average molecular weight is 587 g/mol. The van der Waals surface area contributed by atoms with Gasteiger partial charge in [-0.15, -0.1) is 10.2 Å². The monoisotopic (exact) mass is 586 g/mol. The second kappa shape index (κ2) is 12.3. The molecular weight excluding hydrogens is 560 g/mol. The van der Waals surface area contributed by atoms with Gasteiger partial charge in [-0.3, -0.25) is 14.4 Å². The number of sulfonamides is 1. The molecule has 38 heavy (non-hydrogen) atoms. The van der Waals surface area contributed by atoms with E-state index < -0.39 is 10.0 Å². The van der Waals surface area contributed by atoms with E-state index in [2.05, 4.69) is 29.4 Å². The molecule has 0 spiro atoms. The van der Waals surface area contributed by atoms with Crippen LogP contribution in [0.3, 0.4) is 0 Å². The fourth-order valence-corrected chi connectivity index (χ4v) is 6.94. The molecule has 0 aliphatic heterocycles. The van der Waals surface area contributed by atoms with Crippen molar-refractivity contribution in [1.82, 2.24) is 10.2 Å². The molecule has 0 aliphatic carbocycles. The highest BCUT2D eigenvalue weighted by atomic mass is 35.5. The van der Waals surface area contributed by atoms with Gasteiger partial charge in [0.2, 0.25) is 5.13 Å². The van der Waals surface area contributed by atoms with Crippen molar-refractivity contribution in [2.45, 2.75) is 36.6 Å². The number of aromatic nitrogens is 2. The number of carbonyl (C=O) groups excluding carboxylic acids is 1. The van der Waals surface area contributed by atoms with Crippen molar-refractivity contribution in [2.75, 3.05) is 15.4 Å². The van der Waals surface area contributed by atoms with Crippen LogP contribution in [0.25, 0.3) is 0 Å². The first kappa shape index (κ1) is 28.1. The highest BCUT2D eigenvalue weighted by Gasteiger charge is 2.26. The van der Waals surface area contributed by atoms with Gasteiger partial charge < -0.3 is 0 Å². The molecule has 0 saturated heterocycles. The molecule has 4 rings (SSSR count). The van der Waals surface area contributed by atoms with Crippen LogP contribution in [0.1, 0.15) is 35.3 Å². The maximum absolute atomic E-state index is 13.7. The van der Waals surface area contributed by atoms with Crippen LogP contribution in [0.5, 0.6) is 0 Å². The minimum atomic E-state index is -3.89. The van der Waals surface area contributed by atoms with Crippen LogP contribution in [0.2, 0.25) is 5.02 Å². The van der Waals surface area contributed by atoms with E-state index in [9.17, 15) is 13.2 Å². The largest absolute Gasteiger partial charge is 0.296 e. The number of halogens is 1. The predicted octanol–water partition coefficient (Wildman–Crippen LogP) is 6.90. The number of nitrogens with zero attached hydrogens (tertiary/aromatic N) is 3. The fourth-order valence-electron chi connectivity index (χ4n) is 3.52. The Morgan fingerprint density at radius 1 is 1.05 bits per heavy atom. The van der Waals surface area contributed by atoms with Crippen molar-refractivity contribution in [2.24, 2.45) is 5.92 Å². The van der Waals surface area contributed by atoms with Crippen molar-refractivity contribution in [1.29, 1.82) is 0 Å². The Morgan fingerprint density at radius 3 is 2.45 bits per heavy atom. The van der Waals surface area contributed by atoms with Crippen molar-refractivity contribution in [3.63, 3.8) is 0 Å². The Morgan fingerprint density at radius 2 is 1.76 bits per heavy atom. The van der Waals surface area contributed by atoms with E-state index in [1.165, 1.54) is 15.6 Å². The quantitative estimate of drug-likeness (QED) is 0.161. The zero-order chi connectivity index (χ0) is 27.3. The Kier molecular flexibility index (Phi) is 9.09. The number of amides is 1. The van der Waals surface area contributed by atoms with Gasteiger partial charge in [0.25, 0.3) is 15.9 Å². The van der Waals surface area contributed by atoms with Gasteiger partial charge in [-0.2, -0.15) is 0 Å². The van der Waals surface area contributed by atoms with Crippen molar-refractivity contribution in [3.8, 4) is 0 Å². The number of benzene rings is 3. The summed E-state index contributed by atoms with van der Waals surface area (Å²) < 4.78 is 29.5. The lowest BCUT2D eigenvalue weighted by molar-refractivity contribution is 0.102. The highest BCUT2D eigenvalue weighted by Crippen LogP contribution is 2.31. The van der Waals surface area contributed by atoms with Gasteiger partial charge in [0.15, 0.2) is 4.34 Å². The maximum atomic E-state index is 13.7. The molecule has 0 radical (unpaired) electrons. The number of thioether (sulfide) groups is 1. The molecule has 1 heterocycles. The summed E-state index contributed by atoms with van der Waals surface area (Å²) in [5, 5.41) is 11.8. The third-order valence-corrected chi connectivity index (χ3v) is 9.89. The van der Waals surface area contributed by atoms with Crippen LogP contribution in [0.4, 0.5) is 10.8 Å². The lowest BCUT2D eigenvalue weighted by atomic mass is 10.1. The summed E-state index contributed by atoms with van der Waals surface area (Å²) in [6.45, 7) is 6.17. The average Bonchev–Trinajstić information content (AvgIpc) is 3.35. The zero-order valence-electron chi connectivity index (χ0n) is 21.1. The van der Waals surface area contributed by atoms with Crippen LogP contribution < -0.4 is 9.62 Å². The second-order valence-electron chi connectivity index (χ2n) is 8.98. The van der Waals surface area contributed by atoms with Gasteiger partial charge in [-0.05, 0) is 60.4 Å². The van der Waals surface area contributed by atoms with E-state index in [-0.39, 0.29) is 17.3 Å². The molecule has 0 atom stereocenters. The first-order chi connectivity index (χ1) is 18.1.